The van der Waals surface area contributed by atoms with Gasteiger partial charge in [0.15, 0.2) is 0 Å². The van der Waals surface area contributed by atoms with Crippen molar-refractivity contribution in [1.82, 2.24) is 24.4 Å². The molecule has 5 heterocycles. The van der Waals surface area contributed by atoms with Gasteiger partial charge in [0.25, 0.3) is 0 Å². The fraction of sp³-hybridized carbons (Fsp3) is 0.379. The Balaban J connectivity index is 1.08. The van der Waals surface area contributed by atoms with E-state index in [-0.39, 0.29) is 12.2 Å². The summed E-state index contributed by atoms with van der Waals surface area (Å²) in [5.74, 6) is 1.67. The van der Waals surface area contributed by atoms with Crippen LogP contribution in [0.5, 0.6) is 5.88 Å². The van der Waals surface area contributed by atoms with E-state index in [9.17, 15) is 5.26 Å². The third-order valence-corrected chi connectivity index (χ3v) is 7.53. The minimum Gasteiger partial charge on any atom is -0.474 e. The predicted molar refractivity (Wildman–Crippen MR) is 144 cm³/mol. The first-order valence-electron chi connectivity index (χ1n) is 13.1. The summed E-state index contributed by atoms with van der Waals surface area (Å²) in [6, 6.07) is 17.7. The van der Waals surface area contributed by atoms with E-state index in [4.69, 9.17) is 31.0 Å². The van der Waals surface area contributed by atoms with Crippen LogP contribution in [0.1, 0.15) is 42.0 Å². The Kier molecular flexibility index (Phi) is 7.23. The smallest absolute Gasteiger partial charge is 0.213 e. The van der Waals surface area contributed by atoms with E-state index < -0.39 is 0 Å². The molecule has 1 unspecified atom stereocenters. The molecule has 3 aromatic heterocycles. The zero-order valence-electron chi connectivity index (χ0n) is 21.1. The molecule has 0 N–H and O–H groups in total. The number of benzene rings is 1. The molecule has 38 heavy (non-hydrogen) atoms. The second-order valence-electron chi connectivity index (χ2n) is 9.95. The number of likely N-dealkylation sites (tertiary alicyclic amines) is 1. The molecule has 2 fully saturated rings. The molecular formula is C29H29ClN6O2. The number of pyridine rings is 2. The number of nitrogens with zero attached hydrogens (tertiary/aromatic N) is 6. The van der Waals surface area contributed by atoms with Crippen LogP contribution >= 0.6 is 11.6 Å². The largest absolute Gasteiger partial charge is 0.474 e. The van der Waals surface area contributed by atoms with Gasteiger partial charge in [-0.05, 0) is 43.0 Å². The molecule has 0 spiro atoms. The van der Waals surface area contributed by atoms with Gasteiger partial charge in [-0.1, -0.05) is 29.8 Å². The number of rotatable bonds is 8. The van der Waals surface area contributed by atoms with Crippen LogP contribution in [0, 0.1) is 11.3 Å². The van der Waals surface area contributed by atoms with Gasteiger partial charge in [0, 0.05) is 49.0 Å². The van der Waals surface area contributed by atoms with Crippen LogP contribution < -0.4 is 4.74 Å². The van der Waals surface area contributed by atoms with E-state index in [1.165, 1.54) is 5.56 Å². The number of ether oxygens (including phenoxy) is 2. The van der Waals surface area contributed by atoms with Crippen molar-refractivity contribution >= 4 is 22.6 Å². The van der Waals surface area contributed by atoms with Crippen molar-refractivity contribution in [1.29, 1.82) is 5.26 Å². The quantitative estimate of drug-likeness (QED) is 0.325. The fourth-order valence-electron chi connectivity index (χ4n) is 5.08. The molecule has 1 aromatic carbocycles. The third-order valence-electron chi connectivity index (χ3n) is 7.27. The summed E-state index contributed by atoms with van der Waals surface area (Å²) in [4.78, 5) is 16.3. The first-order valence-corrected chi connectivity index (χ1v) is 13.5. The van der Waals surface area contributed by atoms with Crippen LogP contribution in [0.4, 0.5) is 0 Å². The summed E-state index contributed by atoms with van der Waals surface area (Å²) in [7, 11) is 0. The SMILES string of the molecule is N#Cc1cc2nc(CN3CCC(Oc4cccc(Cc5ccc(Cl)cc5)n4)CC3)n(CC3CCO3)c2cn1. The van der Waals surface area contributed by atoms with E-state index in [1.807, 2.05) is 42.5 Å². The van der Waals surface area contributed by atoms with Crippen molar-refractivity contribution in [2.45, 2.75) is 51.0 Å². The van der Waals surface area contributed by atoms with Gasteiger partial charge in [0.2, 0.25) is 5.88 Å². The fourth-order valence-corrected chi connectivity index (χ4v) is 5.21. The highest BCUT2D eigenvalue weighted by atomic mass is 35.5. The number of piperidine rings is 1. The van der Waals surface area contributed by atoms with Gasteiger partial charge >= 0.3 is 0 Å². The van der Waals surface area contributed by atoms with E-state index in [1.54, 1.807) is 12.3 Å². The van der Waals surface area contributed by atoms with Gasteiger partial charge in [-0.15, -0.1) is 0 Å². The maximum absolute atomic E-state index is 9.25. The highest BCUT2D eigenvalue weighted by Gasteiger charge is 2.25. The normalized spacial score (nSPS) is 18.3. The van der Waals surface area contributed by atoms with Crippen LogP contribution in [0.2, 0.25) is 5.02 Å². The lowest BCUT2D eigenvalue weighted by molar-refractivity contribution is -0.0592. The van der Waals surface area contributed by atoms with Crippen LogP contribution in [-0.2, 0) is 24.2 Å². The van der Waals surface area contributed by atoms with Crippen molar-refractivity contribution in [2.75, 3.05) is 19.7 Å². The second kappa shape index (κ2) is 11.1. The molecule has 9 heteroatoms. The lowest BCUT2D eigenvalue weighted by atomic mass is 10.1. The Morgan fingerprint density at radius 1 is 1.08 bits per heavy atom. The topological polar surface area (TPSA) is 89.1 Å². The molecule has 2 saturated heterocycles. The van der Waals surface area contributed by atoms with Crippen molar-refractivity contribution in [3.8, 4) is 11.9 Å². The first-order chi connectivity index (χ1) is 18.6. The Bertz CT molecular complexity index is 1450. The van der Waals surface area contributed by atoms with Gasteiger partial charge in [0.1, 0.15) is 23.7 Å². The number of hydrogen-bond acceptors (Lipinski definition) is 7. The van der Waals surface area contributed by atoms with Crippen LogP contribution in [0.3, 0.4) is 0 Å². The molecule has 0 amide bonds. The average Bonchev–Trinajstić information content (AvgIpc) is 3.24. The van der Waals surface area contributed by atoms with Crippen LogP contribution in [-0.4, -0.2) is 56.3 Å². The molecule has 2 aliphatic heterocycles. The van der Waals surface area contributed by atoms with Gasteiger partial charge in [-0.25, -0.2) is 15.0 Å². The number of imidazole rings is 1. The molecule has 0 aliphatic carbocycles. The second-order valence-corrected chi connectivity index (χ2v) is 10.4. The van der Waals surface area contributed by atoms with Crippen LogP contribution in [0.15, 0.2) is 54.7 Å². The maximum atomic E-state index is 9.25. The Morgan fingerprint density at radius 2 is 1.89 bits per heavy atom. The highest BCUT2D eigenvalue weighted by molar-refractivity contribution is 6.30. The van der Waals surface area contributed by atoms with E-state index in [0.717, 1.165) is 86.0 Å². The number of aromatic nitrogens is 4. The lowest BCUT2D eigenvalue weighted by Crippen LogP contribution is -2.39. The van der Waals surface area contributed by atoms with Crippen molar-refractivity contribution in [2.24, 2.45) is 0 Å². The minimum absolute atomic E-state index is 0.133. The zero-order chi connectivity index (χ0) is 25.9. The monoisotopic (exact) mass is 528 g/mol. The number of hydrogen-bond donors (Lipinski definition) is 0. The van der Waals surface area contributed by atoms with Crippen molar-refractivity contribution in [3.63, 3.8) is 0 Å². The summed E-state index contributed by atoms with van der Waals surface area (Å²) in [6.45, 7) is 4.15. The maximum Gasteiger partial charge on any atom is 0.213 e. The number of nitriles is 1. The molecule has 0 saturated carbocycles. The summed E-state index contributed by atoms with van der Waals surface area (Å²) < 4.78 is 14.2. The standard InChI is InChI=1S/C29H29ClN6O2/c30-21-6-4-20(5-7-21)14-22-2-1-3-29(33-22)38-24-8-11-35(12-9-24)19-28-34-26-15-23(16-31)32-17-27(26)36(28)18-25-10-13-37-25/h1-7,15,17,24-25H,8-14,18-19H2. The van der Waals surface area contributed by atoms with Gasteiger partial charge < -0.3 is 14.0 Å². The minimum atomic E-state index is 0.133. The zero-order valence-corrected chi connectivity index (χ0v) is 21.8. The Morgan fingerprint density at radius 3 is 2.63 bits per heavy atom. The molecule has 0 bridgehead atoms. The van der Waals surface area contributed by atoms with Gasteiger partial charge in [0.05, 0.1) is 36.4 Å². The molecule has 8 nitrogen and oxygen atoms in total. The summed E-state index contributed by atoms with van der Waals surface area (Å²) in [6.07, 6.45) is 5.76. The number of fused-ring (bicyclic) bond motifs is 1. The molecule has 1 atom stereocenters. The third kappa shape index (κ3) is 5.65. The van der Waals surface area contributed by atoms with Gasteiger partial charge in [-0.2, -0.15) is 5.26 Å². The van der Waals surface area contributed by atoms with E-state index in [2.05, 4.69) is 20.5 Å². The Hall–Kier alpha value is -3.51. The highest BCUT2D eigenvalue weighted by Crippen LogP contribution is 2.24. The molecular weight excluding hydrogens is 500 g/mol. The Labute approximate surface area is 226 Å². The van der Waals surface area contributed by atoms with Crippen molar-refractivity contribution in [3.05, 3.63) is 82.5 Å². The first kappa shape index (κ1) is 24.8. The number of halogens is 1. The summed E-state index contributed by atoms with van der Waals surface area (Å²) >= 11 is 6.01. The predicted octanol–water partition coefficient (Wildman–Crippen LogP) is 4.77. The summed E-state index contributed by atoms with van der Waals surface area (Å²) in [5, 5.41) is 9.99. The molecule has 194 valence electrons. The van der Waals surface area contributed by atoms with Crippen molar-refractivity contribution < 1.29 is 9.47 Å². The average molecular weight is 529 g/mol. The molecule has 0 radical (unpaired) electrons. The van der Waals surface area contributed by atoms with Crippen LogP contribution in [0.25, 0.3) is 11.0 Å². The molecule has 2 aliphatic rings. The van der Waals surface area contributed by atoms with Gasteiger partial charge in [-0.3, -0.25) is 4.90 Å². The van der Waals surface area contributed by atoms with E-state index in [0.29, 0.717) is 11.6 Å². The van der Waals surface area contributed by atoms with E-state index >= 15 is 0 Å². The molecule has 4 aromatic rings. The summed E-state index contributed by atoms with van der Waals surface area (Å²) in [5.41, 5.74) is 4.30. The molecule has 6 rings (SSSR count). The lowest BCUT2D eigenvalue weighted by Gasteiger charge is -2.32.